The van der Waals surface area contributed by atoms with Crippen LogP contribution in [0.1, 0.15) is 26.4 Å². The van der Waals surface area contributed by atoms with Gasteiger partial charge in [-0.1, -0.05) is 0 Å². The van der Waals surface area contributed by atoms with Crippen LogP contribution in [0.3, 0.4) is 0 Å². The van der Waals surface area contributed by atoms with Crippen molar-refractivity contribution < 1.29 is 14.7 Å². The number of carbonyl (C=O) groups is 2. The molecule has 3 N–H and O–H groups in total. The van der Waals surface area contributed by atoms with Crippen molar-refractivity contribution in [1.29, 1.82) is 0 Å². The van der Waals surface area contributed by atoms with Crippen molar-refractivity contribution in [2.45, 2.75) is 6.92 Å². The van der Waals surface area contributed by atoms with Crippen LogP contribution in [-0.2, 0) is 0 Å². The van der Waals surface area contributed by atoms with Crippen molar-refractivity contribution in [2.75, 3.05) is 5.32 Å². The number of aromatic carboxylic acids is 1. The van der Waals surface area contributed by atoms with Gasteiger partial charge in [-0.05, 0) is 36.8 Å². The van der Waals surface area contributed by atoms with Crippen molar-refractivity contribution in [3.63, 3.8) is 0 Å². The normalized spacial score (nSPS) is 10.1. The smallest absolute Gasteiger partial charge is 0.335 e. The molecule has 0 unspecified atom stereocenters. The number of aromatic amines is 1. The summed E-state index contributed by atoms with van der Waals surface area (Å²) in [6, 6.07) is 6.16. The monoisotopic (exact) mass is 245 g/mol. The summed E-state index contributed by atoms with van der Waals surface area (Å²) >= 11 is 0. The zero-order valence-corrected chi connectivity index (χ0v) is 9.60. The summed E-state index contributed by atoms with van der Waals surface area (Å²) in [5, 5.41) is 17.8. The fourth-order valence-electron chi connectivity index (χ4n) is 1.56. The SMILES string of the molecule is Cc1cc(NC(=O)c2ccn[nH]2)ccc1C(=O)O. The summed E-state index contributed by atoms with van der Waals surface area (Å²) in [4.78, 5) is 22.5. The van der Waals surface area contributed by atoms with Crippen LogP contribution in [-0.4, -0.2) is 27.2 Å². The van der Waals surface area contributed by atoms with Crippen LogP contribution < -0.4 is 5.32 Å². The molecule has 0 aliphatic carbocycles. The van der Waals surface area contributed by atoms with E-state index in [9.17, 15) is 9.59 Å². The predicted molar refractivity (Wildman–Crippen MR) is 64.7 cm³/mol. The second-order valence-electron chi connectivity index (χ2n) is 3.76. The highest BCUT2D eigenvalue weighted by atomic mass is 16.4. The largest absolute Gasteiger partial charge is 0.478 e. The van der Waals surface area contributed by atoms with Crippen molar-refractivity contribution in [3.05, 3.63) is 47.3 Å². The third-order valence-electron chi connectivity index (χ3n) is 2.46. The molecule has 18 heavy (non-hydrogen) atoms. The van der Waals surface area contributed by atoms with Crippen molar-refractivity contribution in [3.8, 4) is 0 Å². The van der Waals surface area contributed by atoms with Crippen LogP contribution in [0.4, 0.5) is 5.69 Å². The number of carbonyl (C=O) groups excluding carboxylic acids is 1. The van der Waals surface area contributed by atoms with E-state index < -0.39 is 5.97 Å². The first-order chi connectivity index (χ1) is 8.58. The lowest BCUT2D eigenvalue weighted by Crippen LogP contribution is -2.13. The van der Waals surface area contributed by atoms with E-state index >= 15 is 0 Å². The van der Waals surface area contributed by atoms with Crippen LogP contribution in [0.15, 0.2) is 30.5 Å². The Balaban J connectivity index is 2.18. The molecule has 0 aliphatic heterocycles. The molecule has 0 spiro atoms. The Labute approximate surface area is 103 Å². The zero-order chi connectivity index (χ0) is 13.1. The number of benzene rings is 1. The van der Waals surface area contributed by atoms with E-state index in [-0.39, 0.29) is 11.5 Å². The summed E-state index contributed by atoms with van der Waals surface area (Å²) in [7, 11) is 0. The molecule has 6 nitrogen and oxygen atoms in total. The van der Waals surface area contributed by atoms with E-state index in [1.54, 1.807) is 25.1 Å². The van der Waals surface area contributed by atoms with Crippen LogP contribution in [0.2, 0.25) is 0 Å². The van der Waals surface area contributed by atoms with E-state index in [4.69, 9.17) is 5.11 Å². The third-order valence-corrected chi connectivity index (χ3v) is 2.46. The minimum atomic E-state index is -0.987. The minimum Gasteiger partial charge on any atom is -0.478 e. The standard InChI is InChI=1S/C12H11N3O3/c1-7-6-8(2-3-9(7)12(17)18)14-11(16)10-4-5-13-15-10/h2-6H,1H3,(H,13,15)(H,14,16)(H,17,18). The number of nitrogens with zero attached hydrogens (tertiary/aromatic N) is 1. The molecule has 1 aromatic heterocycles. The van der Waals surface area contributed by atoms with Gasteiger partial charge in [0.05, 0.1) is 5.56 Å². The van der Waals surface area contributed by atoms with Gasteiger partial charge in [-0.3, -0.25) is 9.89 Å². The lowest BCUT2D eigenvalue weighted by atomic mass is 10.1. The number of hydrogen-bond donors (Lipinski definition) is 3. The molecule has 0 saturated heterocycles. The number of aryl methyl sites for hydroxylation is 1. The lowest BCUT2D eigenvalue weighted by Gasteiger charge is -2.06. The van der Waals surface area contributed by atoms with Crippen molar-refractivity contribution in [1.82, 2.24) is 10.2 Å². The van der Waals surface area contributed by atoms with Gasteiger partial charge in [0.25, 0.3) is 5.91 Å². The van der Waals surface area contributed by atoms with Gasteiger partial charge in [-0.25, -0.2) is 4.79 Å². The average molecular weight is 245 g/mol. The highest BCUT2D eigenvalue weighted by Crippen LogP contribution is 2.15. The van der Waals surface area contributed by atoms with E-state index in [2.05, 4.69) is 15.5 Å². The summed E-state index contributed by atoms with van der Waals surface area (Å²) in [6.45, 7) is 1.68. The van der Waals surface area contributed by atoms with E-state index in [0.717, 1.165) is 0 Å². The first kappa shape index (κ1) is 11.8. The summed E-state index contributed by atoms with van der Waals surface area (Å²) in [5.41, 5.74) is 1.69. The Morgan fingerprint density at radius 3 is 2.67 bits per heavy atom. The number of nitrogens with one attached hydrogen (secondary N) is 2. The molecular formula is C12H11N3O3. The van der Waals surface area contributed by atoms with Gasteiger partial charge in [0.15, 0.2) is 0 Å². The quantitative estimate of drug-likeness (QED) is 0.766. The van der Waals surface area contributed by atoms with Crippen molar-refractivity contribution in [2.24, 2.45) is 0 Å². The molecule has 1 aromatic carbocycles. The summed E-state index contributed by atoms with van der Waals surface area (Å²) in [6.07, 6.45) is 1.48. The number of hydrogen-bond acceptors (Lipinski definition) is 3. The number of carboxylic acids is 1. The maximum atomic E-state index is 11.7. The van der Waals surface area contributed by atoms with Gasteiger partial charge in [-0.15, -0.1) is 0 Å². The molecule has 2 aromatic rings. The topological polar surface area (TPSA) is 95.1 Å². The van der Waals surface area contributed by atoms with Gasteiger partial charge in [0.1, 0.15) is 5.69 Å². The molecule has 0 bridgehead atoms. The molecule has 2 rings (SSSR count). The van der Waals surface area contributed by atoms with Crippen LogP contribution >= 0.6 is 0 Å². The average Bonchev–Trinajstić information content (AvgIpc) is 2.81. The molecule has 0 saturated carbocycles. The van der Waals surface area contributed by atoms with E-state index in [0.29, 0.717) is 16.9 Å². The Hall–Kier alpha value is -2.63. The van der Waals surface area contributed by atoms with Gasteiger partial charge in [-0.2, -0.15) is 5.10 Å². The molecule has 0 aliphatic rings. The molecule has 0 fully saturated rings. The Bertz CT molecular complexity index is 591. The van der Waals surface area contributed by atoms with Gasteiger partial charge in [0.2, 0.25) is 0 Å². The third kappa shape index (κ3) is 2.37. The Morgan fingerprint density at radius 2 is 2.11 bits per heavy atom. The fraction of sp³-hybridized carbons (Fsp3) is 0.0833. The molecule has 92 valence electrons. The first-order valence-corrected chi connectivity index (χ1v) is 5.22. The lowest BCUT2D eigenvalue weighted by molar-refractivity contribution is 0.0696. The highest BCUT2D eigenvalue weighted by molar-refractivity contribution is 6.03. The summed E-state index contributed by atoms with van der Waals surface area (Å²) in [5.74, 6) is -1.31. The number of anilines is 1. The zero-order valence-electron chi connectivity index (χ0n) is 9.60. The second-order valence-corrected chi connectivity index (χ2v) is 3.76. The molecule has 0 radical (unpaired) electrons. The van der Waals surface area contributed by atoms with Gasteiger partial charge in [0, 0.05) is 11.9 Å². The van der Waals surface area contributed by atoms with Crippen molar-refractivity contribution >= 4 is 17.6 Å². The molecule has 0 atom stereocenters. The summed E-state index contributed by atoms with van der Waals surface area (Å²) < 4.78 is 0. The second kappa shape index (κ2) is 4.70. The maximum absolute atomic E-state index is 11.7. The highest BCUT2D eigenvalue weighted by Gasteiger charge is 2.10. The number of aromatic nitrogens is 2. The molecular weight excluding hydrogens is 234 g/mol. The van der Waals surface area contributed by atoms with Crippen LogP contribution in [0.5, 0.6) is 0 Å². The molecule has 1 heterocycles. The molecule has 6 heteroatoms. The number of H-pyrrole nitrogens is 1. The molecule has 1 amide bonds. The van der Waals surface area contributed by atoms with Crippen LogP contribution in [0.25, 0.3) is 0 Å². The Kier molecular flexibility index (Phi) is 3.09. The van der Waals surface area contributed by atoms with E-state index in [1.807, 2.05) is 0 Å². The Morgan fingerprint density at radius 1 is 1.33 bits per heavy atom. The van der Waals surface area contributed by atoms with Gasteiger partial charge < -0.3 is 10.4 Å². The fourth-order valence-corrected chi connectivity index (χ4v) is 1.56. The predicted octanol–water partition coefficient (Wildman–Crippen LogP) is 1.67. The van der Waals surface area contributed by atoms with Gasteiger partial charge >= 0.3 is 5.97 Å². The maximum Gasteiger partial charge on any atom is 0.335 e. The van der Waals surface area contributed by atoms with E-state index in [1.165, 1.54) is 12.3 Å². The first-order valence-electron chi connectivity index (χ1n) is 5.22. The number of carboxylic acid groups (broad SMARTS) is 1. The van der Waals surface area contributed by atoms with Crippen LogP contribution in [0, 0.1) is 6.92 Å². The number of amides is 1. The minimum absolute atomic E-state index is 0.217. The number of rotatable bonds is 3.